The van der Waals surface area contributed by atoms with E-state index < -0.39 is 5.63 Å². The van der Waals surface area contributed by atoms with E-state index in [1.165, 1.54) is 18.2 Å². The first kappa shape index (κ1) is 18.9. The highest BCUT2D eigenvalue weighted by Crippen LogP contribution is 2.23. The monoisotopic (exact) mass is 391 g/mol. The molecular formula is C22H21N3O4. The van der Waals surface area contributed by atoms with Crippen molar-refractivity contribution in [1.82, 2.24) is 14.8 Å². The van der Waals surface area contributed by atoms with Crippen LogP contribution in [0.2, 0.25) is 0 Å². The molecular weight excluding hydrogens is 370 g/mol. The van der Waals surface area contributed by atoms with Gasteiger partial charge in [-0.15, -0.1) is 0 Å². The maximum Gasteiger partial charge on any atom is 0.336 e. The summed E-state index contributed by atoms with van der Waals surface area (Å²) in [6.45, 7) is 5.02. The zero-order valence-electron chi connectivity index (χ0n) is 16.3. The largest absolute Gasteiger partial charge is 0.417 e. The van der Waals surface area contributed by atoms with Crippen LogP contribution < -0.4 is 5.63 Å². The van der Waals surface area contributed by atoms with Gasteiger partial charge in [0.1, 0.15) is 0 Å². The third-order valence-electron chi connectivity index (χ3n) is 5.21. The van der Waals surface area contributed by atoms with Crippen LogP contribution in [0.1, 0.15) is 33.4 Å². The topological polar surface area (TPSA) is 83.7 Å². The van der Waals surface area contributed by atoms with Crippen LogP contribution in [0.3, 0.4) is 0 Å². The van der Waals surface area contributed by atoms with Crippen molar-refractivity contribution in [1.29, 1.82) is 0 Å². The molecule has 1 fully saturated rings. The van der Waals surface area contributed by atoms with Crippen molar-refractivity contribution < 1.29 is 14.0 Å². The Bertz CT molecular complexity index is 1150. The lowest BCUT2D eigenvalue weighted by Gasteiger charge is -2.39. The van der Waals surface area contributed by atoms with Crippen molar-refractivity contribution in [3.8, 4) is 0 Å². The summed E-state index contributed by atoms with van der Waals surface area (Å²) in [6, 6.07) is 9.85. The van der Waals surface area contributed by atoms with Gasteiger partial charge >= 0.3 is 5.63 Å². The van der Waals surface area contributed by atoms with Gasteiger partial charge in [0.2, 0.25) is 0 Å². The van der Waals surface area contributed by atoms with E-state index in [1.54, 1.807) is 22.2 Å². The summed E-state index contributed by atoms with van der Waals surface area (Å²) < 4.78 is 5.01. The molecule has 0 aliphatic carbocycles. The van der Waals surface area contributed by atoms with Gasteiger partial charge in [-0.25, -0.2) is 4.79 Å². The summed E-state index contributed by atoms with van der Waals surface area (Å²) in [5.74, 6) is -0.399. The summed E-state index contributed by atoms with van der Waals surface area (Å²) >= 11 is 0. The van der Waals surface area contributed by atoms with Gasteiger partial charge in [0.25, 0.3) is 11.8 Å². The molecule has 1 aliphatic heterocycles. The highest BCUT2D eigenvalue weighted by Gasteiger charge is 2.32. The normalized spacial score (nSPS) is 16.8. The average molecular weight is 391 g/mol. The number of benzene rings is 1. The van der Waals surface area contributed by atoms with Crippen LogP contribution in [0.25, 0.3) is 10.8 Å². The molecule has 148 valence electrons. The van der Waals surface area contributed by atoms with Crippen LogP contribution >= 0.6 is 0 Å². The maximum absolute atomic E-state index is 13.2. The van der Waals surface area contributed by atoms with Crippen LogP contribution in [0.4, 0.5) is 0 Å². The summed E-state index contributed by atoms with van der Waals surface area (Å²) in [5, 5.41) is 1.80. The fraction of sp³-hybridized carbons (Fsp3) is 0.273. The molecule has 0 spiro atoms. The number of piperazine rings is 1. The van der Waals surface area contributed by atoms with Gasteiger partial charge in [-0.1, -0.05) is 12.1 Å². The Morgan fingerprint density at radius 1 is 1.14 bits per heavy atom. The molecule has 3 heterocycles. The molecule has 2 aromatic heterocycles. The fourth-order valence-corrected chi connectivity index (χ4v) is 3.79. The predicted molar refractivity (Wildman–Crippen MR) is 108 cm³/mol. The smallest absolute Gasteiger partial charge is 0.336 e. The number of amides is 2. The van der Waals surface area contributed by atoms with E-state index in [0.29, 0.717) is 25.2 Å². The molecule has 4 rings (SSSR count). The second-order valence-electron chi connectivity index (χ2n) is 7.32. The van der Waals surface area contributed by atoms with Crippen molar-refractivity contribution in [2.75, 3.05) is 19.6 Å². The highest BCUT2D eigenvalue weighted by molar-refractivity contribution is 6.07. The van der Waals surface area contributed by atoms with E-state index >= 15 is 0 Å². The third-order valence-corrected chi connectivity index (χ3v) is 5.21. The Labute approximate surface area is 167 Å². The summed E-state index contributed by atoms with van der Waals surface area (Å²) in [7, 11) is 0. The second-order valence-corrected chi connectivity index (χ2v) is 7.32. The van der Waals surface area contributed by atoms with Gasteiger partial charge in [0.15, 0.2) is 5.76 Å². The Kier molecular flexibility index (Phi) is 4.88. The van der Waals surface area contributed by atoms with Gasteiger partial charge in [0.05, 0.1) is 0 Å². The SMILES string of the molecule is Cc1cc(C(=O)N2CCN(C(=O)c3cccc(=O)o3)[C@H](C)C2)c2cnccc2c1. The lowest BCUT2D eigenvalue weighted by Crippen LogP contribution is -2.55. The van der Waals surface area contributed by atoms with Crippen molar-refractivity contribution >= 4 is 22.6 Å². The Morgan fingerprint density at radius 3 is 2.72 bits per heavy atom. The molecule has 0 unspecified atom stereocenters. The highest BCUT2D eigenvalue weighted by atomic mass is 16.4. The number of rotatable bonds is 2. The molecule has 1 atom stereocenters. The van der Waals surface area contributed by atoms with Crippen molar-refractivity contribution in [3.63, 3.8) is 0 Å². The van der Waals surface area contributed by atoms with Gasteiger partial charge < -0.3 is 14.2 Å². The number of carbonyl (C=O) groups excluding carboxylic acids is 2. The number of nitrogens with zero attached hydrogens (tertiary/aromatic N) is 3. The molecule has 7 heteroatoms. The lowest BCUT2D eigenvalue weighted by molar-refractivity contribution is 0.0393. The molecule has 0 radical (unpaired) electrons. The van der Waals surface area contributed by atoms with Gasteiger partial charge in [-0.05, 0) is 43.0 Å². The van der Waals surface area contributed by atoms with E-state index in [1.807, 2.05) is 32.0 Å². The van der Waals surface area contributed by atoms with E-state index in [-0.39, 0.29) is 23.6 Å². The second kappa shape index (κ2) is 7.50. The van der Waals surface area contributed by atoms with E-state index in [0.717, 1.165) is 16.3 Å². The third kappa shape index (κ3) is 3.63. The van der Waals surface area contributed by atoms with Crippen LogP contribution in [-0.4, -0.2) is 52.3 Å². The molecule has 7 nitrogen and oxygen atoms in total. The van der Waals surface area contributed by atoms with Crippen molar-refractivity contribution in [2.45, 2.75) is 19.9 Å². The van der Waals surface area contributed by atoms with Crippen molar-refractivity contribution in [3.05, 3.63) is 76.1 Å². The predicted octanol–water partition coefficient (Wildman–Crippen LogP) is 2.48. The van der Waals surface area contributed by atoms with Crippen LogP contribution in [0.15, 0.2) is 58.0 Å². The number of hydrogen-bond donors (Lipinski definition) is 0. The maximum atomic E-state index is 13.2. The fourth-order valence-electron chi connectivity index (χ4n) is 3.79. The number of aryl methyl sites for hydroxylation is 1. The molecule has 2 amide bonds. The molecule has 29 heavy (non-hydrogen) atoms. The molecule has 1 saturated heterocycles. The zero-order valence-corrected chi connectivity index (χ0v) is 16.3. The first-order valence-electron chi connectivity index (χ1n) is 9.49. The van der Waals surface area contributed by atoms with Crippen molar-refractivity contribution in [2.24, 2.45) is 0 Å². The molecule has 0 N–H and O–H groups in total. The summed E-state index contributed by atoms with van der Waals surface area (Å²) in [6.07, 6.45) is 3.42. The Balaban J connectivity index is 1.55. The minimum atomic E-state index is -0.558. The van der Waals surface area contributed by atoms with Crippen LogP contribution in [0.5, 0.6) is 0 Å². The van der Waals surface area contributed by atoms with E-state index in [9.17, 15) is 14.4 Å². The number of pyridine rings is 1. The molecule has 1 aliphatic rings. The quantitative estimate of drug-likeness (QED) is 0.670. The Hall–Kier alpha value is -3.48. The Morgan fingerprint density at radius 2 is 1.97 bits per heavy atom. The van der Waals surface area contributed by atoms with E-state index in [2.05, 4.69) is 4.98 Å². The number of aromatic nitrogens is 1. The summed E-state index contributed by atoms with van der Waals surface area (Å²) in [5.41, 5.74) is 1.07. The minimum Gasteiger partial charge on any atom is -0.417 e. The van der Waals surface area contributed by atoms with Gasteiger partial charge in [0, 0.05) is 55.1 Å². The molecule has 3 aromatic rings. The van der Waals surface area contributed by atoms with Crippen LogP contribution in [-0.2, 0) is 0 Å². The minimum absolute atomic E-state index is 0.0138. The van der Waals surface area contributed by atoms with E-state index in [4.69, 9.17) is 4.42 Å². The molecule has 0 bridgehead atoms. The van der Waals surface area contributed by atoms with Gasteiger partial charge in [-0.2, -0.15) is 0 Å². The summed E-state index contributed by atoms with van der Waals surface area (Å²) in [4.78, 5) is 44.9. The first-order chi connectivity index (χ1) is 13.9. The van der Waals surface area contributed by atoms with Crippen LogP contribution in [0, 0.1) is 6.92 Å². The standard InChI is InChI=1S/C22H21N3O4/c1-14-10-16-6-7-23-12-18(16)17(11-14)21(27)24-8-9-25(15(2)13-24)22(28)19-4-3-5-20(26)29-19/h3-7,10-12,15H,8-9,13H2,1-2H3/t15-/m1/s1. The molecule has 1 aromatic carbocycles. The lowest BCUT2D eigenvalue weighted by atomic mass is 10.0. The average Bonchev–Trinajstić information content (AvgIpc) is 2.72. The number of hydrogen-bond acceptors (Lipinski definition) is 5. The number of fused-ring (bicyclic) bond motifs is 1. The zero-order chi connectivity index (χ0) is 20.5. The number of carbonyl (C=O) groups is 2. The van der Waals surface area contributed by atoms with Gasteiger partial charge in [-0.3, -0.25) is 14.6 Å². The first-order valence-corrected chi connectivity index (χ1v) is 9.49. The molecule has 0 saturated carbocycles.